The molecular weight excluding hydrogens is 288 g/mol. The van der Waals surface area contributed by atoms with Gasteiger partial charge in [0.15, 0.2) is 0 Å². The number of rotatable bonds is 6. The van der Waals surface area contributed by atoms with Crippen LogP contribution in [0.15, 0.2) is 48.5 Å². The summed E-state index contributed by atoms with van der Waals surface area (Å²) in [6, 6.07) is 15.7. The largest absolute Gasteiger partial charge is 0.497 e. The number of amides is 2. The lowest BCUT2D eigenvalue weighted by Gasteiger charge is -2.15. The number of urea groups is 1. The SMILES string of the molecule is COc1ccc(CCC(C)NC(=O)Nc2ccc(C)cc2)cc1. The van der Waals surface area contributed by atoms with E-state index in [-0.39, 0.29) is 12.1 Å². The summed E-state index contributed by atoms with van der Waals surface area (Å²) in [4.78, 5) is 12.0. The lowest BCUT2D eigenvalue weighted by molar-refractivity contribution is 0.248. The van der Waals surface area contributed by atoms with Crippen LogP contribution in [0.1, 0.15) is 24.5 Å². The van der Waals surface area contributed by atoms with Crippen LogP contribution in [-0.4, -0.2) is 19.2 Å². The van der Waals surface area contributed by atoms with Crippen molar-refractivity contribution in [1.82, 2.24) is 5.32 Å². The number of nitrogens with one attached hydrogen (secondary N) is 2. The van der Waals surface area contributed by atoms with Crippen LogP contribution >= 0.6 is 0 Å². The zero-order valence-electron chi connectivity index (χ0n) is 13.9. The smallest absolute Gasteiger partial charge is 0.319 e. The molecule has 0 aromatic heterocycles. The molecule has 2 rings (SSSR count). The molecule has 23 heavy (non-hydrogen) atoms. The Morgan fingerprint density at radius 1 is 1.09 bits per heavy atom. The van der Waals surface area contributed by atoms with Gasteiger partial charge in [0, 0.05) is 11.7 Å². The van der Waals surface area contributed by atoms with Gasteiger partial charge in [0.1, 0.15) is 5.75 Å². The van der Waals surface area contributed by atoms with E-state index in [4.69, 9.17) is 4.74 Å². The molecule has 2 aromatic carbocycles. The molecule has 0 heterocycles. The van der Waals surface area contributed by atoms with Gasteiger partial charge in [0.05, 0.1) is 7.11 Å². The molecule has 1 unspecified atom stereocenters. The van der Waals surface area contributed by atoms with Crippen molar-refractivity contribution in [2.24, 2.45) is 0 Å². The van der Waals surface area contributed by atoms with Gasteiger partial charge >= 0.3 is 6.03 Å². The summed E-state index contributed by atoms with van der Waals surface area (Å²) in [7, 11) is 1.66. The van der Waals surface area contributed by atoms with Crippen molar-refractivity contribution in [2.75, 3.05) is 12.4 Å². The third kappa shape index (κ3) is 5.66. The number of hydrogen-bond donors (Lipinski definition) is 2. The number of anilines is 1. The zero-order valence-corrected chi connectivity index (χ0v) is 13.9. The molecule has 1 atom stereocenters. The molecule has 0 aliphatic heterocycles. The zero-order chi connectivity index (χ0) is 16.7. The fourth-order valence-electron chi connectivity index (χ4n) is 2.28. The molecule has 0 aliphatic rings. The molecular formula is C19H24N2O2. The number of hydrogen-bond acceptors (Lipinski definition) is 2. The first-order valence-electron chi connectivity index (χ1n) is 7.84. The highest BCUT2D eigenvalue weighted by Gasteiger charge is 2.07. The van der Waals surface area contributed by atoms with Crippen molar-refractivity contribution in [3.8, 4) is 5.75 Å². The maximum Gasteiger partial charge on any atom is 0.319 e. The lowest BCUT2D eigenvalue weighted by atomic mass is 10.1. The third-order valence-corrected chi connectivity index (χ3v) is 3.71. The predicted octanol–water partition coefficient (Wildman–Crippen LogP) is 4.15. The van der Waals surface area contributed by atoms with Crippen molar-refractivity contribution in [2.45, 2.75) is 32.7 Å². The Balaban J connectivity index is 1.75. The van der Waals surface area contributed by atoms with Gasteiger partial charge in [-0.15, -0.1) is 0 Å². The number of carbonyl (C=O) groups is 1. The van der Waals surface area contributed by atoms with E-state index in [2.05, 4.69) is 22.8 Å². The fourth-order valence-corrected chi connectivity index (χ4v) is 2.28. The molecule has 0 bridgehead atoms. The number of carbonyl (C=O) groups excluding carboxylic acids is 1. The van der Waals surface area contributed by atoms with E-state index in [0.29, 0.717) is 0 Å². The first-order chi connectivity index (χ1) is 11.1. The van der Waals surface area contributed by atoms with Gasteiger partial charge in [-0.05, 0) is 56.5 Å². The standard InChI is InChI=1S/C19H24N2O2/c1-14-4-10-17(11-5-14)21-19(22)20-15(2)6-7-16-8-12-18(23-3)13-9-16/h4-5,8-13,15H,6-7H2,1-3H3,(H2,20,21,22). The summed E-state index contributed by atoms with van der Waals surface area (Å²) < 4.78 is 5.15. The van der Waals surface area contributed by atoms with E-state index in [1.54, 1.807) is 7.11 Å². The topological polar surface area (TPSA) is 50.4 Å². The second kappa shape index (κ2) is 8.22. The monoisotopic (exact) mass is 312 g/mol. The van der Waals surface area contributed by atoms with Gasteiger partial charge in [-0.1, -0.05) is 29.8 Å². The van der Waals surface area contributed by atoms with Crippen LogP contribution in [0.3, 0.4) is 0 Å². The highest BCUT2D eigenvalue weighted by molar-refractivity contribution is 5.89. The molecule has 0 spiro atoms. The average molecular weight is 312 g/mol. The summed E-state index contributed by atoms with van der Waals surface area (Å²) >= 11 is 0. The molecule has 4 heteroatoms. The number of benzene rings is 2. The van der Waals surface area contributed by atoms with Crippen LogP contribution < -0.4 is 15.4 Å². The minimum absolute atomic E-state index is 0.0996. The van der Waals surface area contributed by atoms with Crippen molar-refractivity contribution >= 4 is 11.7 Å². The molecule has 0 aliphatic carbocycles. The van der Waals surface area contributed by atoms with Crippen molar-refractivity contribution < 1.29 is 9.53 Å². The predicted molar refractivity (Wildman–Crippen MR) is 94.1 cm³/mol. The minimum Gasteiger partial charge on any atom is -0.497 e. The molecule has 122 valence electrons. The highest BCUT2D eigenvalue weighted by atomic mass is 16.5. The van der Waals surface area contributed by atoms with Gasteiger partial charge in [-0.2, -0.15) is 0 Å². The van der Waals surface area contributed by atoms with Crippen LogP contribution in [-0.2, 0) is 6.42 Å². The molecule has 0 saturated heterocycles. The first kappa shape index (κ1) is 16.9. The number of aryl methyl sites for hydroxylation is 2. The Bertz CT molecular complexity index is 621. The van der Waals surface area contributed by atoms with E-state index in [9.17, 15) is 4.79 Å². The van der Waals surface area contributed by atoms with Crippen LogP contribution in [0.25, 0.3) is 0 Å². The van der Waals surface area contributed by atoms with Crippen LogP contribution in [0, 0.1) is 6.92 Å². The van der Waals surface area contributed by atoms with Gasteiger partial charge in [0.2, 0.25) is 0 Å². The highest BCUT2D eigenvalue weighted by Crippen LogP contribution is 2.13. The van der Waals surface area contributed by atoms with Crippen LogP contribution in [0.2, 0.25) is 0 Å². The second-order valence-corrected chi connectivity index (χ2v) is 5.75. The molecule has 0 fully saturated rings. The molecule has 2 N–H and O–H groups in total. The Kier molecular flexibility index (Phi) is 6.03. The Morgan fingerprint density at radius 3 is 2.35 bits per heavy atom. The Hall–Kier alpha value is -2.49. The summed E-state index contributed by atoms with van der Waals surface area (Å²) in [5, 5.41) is 5.81. The second-order valence-electron chi connectivity index (χ2n) is 5.75. The minimum atomic E-state index is -0.170. The van der Waals surface area contributed by atoms with Crippen LogP contribution in [0.4, 0.5) is 10.5 Å². The van der Waals surface area contributed by atoms with Gasteiger partial charge in [0.25, 0.3) is 0 Å². The molecule has 0 saturated carbocycles. The summed E-state index contributed by atoms with van der Waals surface area (Å²) in [6.45, 7) is 4.03. The molecule has 0 radical (unpaired) electrons. The van der Waals surface area contributed by atoms with E-state index in [1.807, 2.05) is 50.2 Å². The normalized spacial score (nSPS) is 11.6. The quantitative estimate of drug-likeness (QED) is 0.842. The molecule has 2 aromatic rings. The Labute approximate surface area is 137 Å². The van der Waals surface area contributed by atoms with Crippen LogP contribution in [0.5, 0.6) is 5.75 Å². The Morgan fingerprint density at radius 2 is 1.74 bits per heavy atom. The third-order valence-electron chi connectivity index (χ3n) is 3.71. The van der Waals surface area contributed by atoms with E-state index in [1.165, 1.54) is 11.1 Å². The van der Waals surface area contributed by atoms with Crippen molar-refractivity contribution in [3.05, 3.63) is 59.7 Å². The molecule has 2 amide bonds. The maximum atomic E-state index is 12.0. The van der Waals surface area contributed by atoms with Crippen molar-refractivity contribution in [3.63, 3.8) is 0 Å². The maximum absolute atomic E-state index is 12.0. The van der Waals surface area contributed by atoms with Gasteiger partial charge < -0.3 is 15.4 Å². The summed E-state index contributed by atoms with van der Waals surface area (Å²) in [6.07, 6.45) is 1.80. The fraction of sp³-hybridized carbons (Fsp3) is 0.316. The number of ether oxygens (including phenoxy) is 1. The summed E-state index contributed by atoms with van der Waals surface area (Å²) in [5.41, 5.74) is 3.21. The number of methoxy groups -OCH3 is 1. The van der Waals surface area contributed by atoms with Gasteiger partial charge in [-0.3, -0.25) is 0 Å². The first-order valence-corrected chi connectivity index (χ1v) is 7.84. The van der Waals surface area contributed by atoms with E-state index >= 15 is 0 Å². The van der Waals surface area contributed by atoms with E-state index < -0.39 is 0 Å². The molecule has 4 nitrogen and oxygen atoms in total. The lowest BCUT2D eigenvalue weighted by Crippen LogP contribution is -2.36. The van der Waals surface area contributed by atoms with Gasteiger partial charge in [-0.25, -0.2) is 4.79 Å². The average Bonchev–Trinajstić information content (AvgIpc) is 2.55. The van der Waals surface area contributed by atoms with Crippen molar-refractivity contribution in [1.29, 1.82) is 0 Å². The summed E-state index contributed by atoms with van der Waals surface area (Å²) in [5.74, 6) is 0.859. The van der Waals surface area contributed by atoms with E-state index in [0.717, 1.165) is 24.3 Å².